The van der Waals surface area contributed by atoms with Crippen LogP contribution in [-0.2, 0) is 14.3 Å². The van der Waals surface area contributed by atoms with Crippen LogP contribution < -0.4 is 15.0 Å². The maximum absolute atomic E-state index is 13.2. The molecule has 3 N–H and O–H groups in total. The number of carbonyl (C=O) groups excluding carboxylic acids is 2. The maximum atomic E-state index is 13.2. The van der Waals surface area contributed by atoms with Crippen LogP contribution in [0.2, 0.25) is 5.02 Å². The van der Waals surface area contributed by atoms with Gasteiger partial charge in [0, 0.05) is 46.8 Å². The highest BCUT2D eigenvalue weighted by atomic mass is 35.5. The third kappa shape index (κ3) is 4.39. The van der Waals surface area contributed by atoms with E-state index in [-0.39, 0.29) is 13.2 Å². The zero-order valence-corrected chi connectivity index (χ0v) is 20.2. The molecular weight excluding hydrogens is 488 g/mol. The molecule has 0 saturated carbocycles. The van der Waals surface area contributed by atoms with Gasteiger partial charge in [0.15, 0.2) is 18.0 Å². The first kappa shape index (κ1) is 23.8. The summed E-state index contributed by atoms with van der Waals surface area (Å²) in [6.07, 6.45) is 0.163. The van der Waals surface area contributed by atoms with Crippen LogP contribution >= 0.6 is 11.6 Å². The molecule has 4 heterocycles. The molecule has 2 amide bonds. The maximum Gasteiger partial charge on any atom is 0.260 e. The van der Waals surface area contributed by atoms with Gasteiger partial charge in [0.2, 0.25) is 5.88 Å². The largest absolute Gasteiger partial charge is 0.481 e. The molecule has 2 unspecified atom stereocenters. The number of hydrogen-bond donors (Lipinski definition) is 3. The van der Waals surface area contributed by atoms with Crippen LogP contribution in [0.3, 0.4) is 0 Å². The van der Waals surface area contributed by atoms with Gasteiger partial charge in [0.1, 0.15) is 0 Å². The van der Waals surface area contributed by atoms with Crippen LogP contribution in [0.5, 0.6) is 5.88 Å². The third-order valence-corrected chi connectivity index (χ3v) is 6.38. The second-order valence-electron chi connectivity index (χ2n) is 8.21. The highest BCUT2D eigenvalue weighted by Crippen LogP contribution is 2.29. The molecule has 3 aromatic heterocycles. The molecule has 1 aliphatic rings. The minimum absolute atomic E-state index is 0.126. The standard InChI is InChI=1S/C24H23ClN6O5/c1-13-20(25)16-11-14(3-4-17(16)27-13)28-23(33)21(32)22-24(34)30(9-10-36-22)18-6-8-31(29-18)15-5-7-26-19(12-15)35-2/h3-8,11-12,21-22,27,32H,9-10H2,1-2H3,(H,28,33). The van der Waals surface area contributed by atoms with Crippen molar-refractivity contribution in [1.29, 1.82) is 0 Å². The van der Waals surface area contributed by atoms with E-state index in [9.17, 15) is 14.7 Å². The molecular formula is C24H23ClN6O5. The van der Waals surface area contributed by atoms with Gasteiger partial charge in [-0.3, -0.25) is 14.5 Å². The van der Waals surface area contributed by atoms with E-state index in [1.165, 1.54) is 12.0 Å². The zero-order chi connectivity index (χ0) is 25.4. The summed E-state index contributed by atoms with van der Waals surface area (Å²) in [6, 6.07) is 10.3. The number of anilines is 2. The fourth-order valence-electron chi connectivity index (χ4n) is 4.04. The number of fused-ring (bicyclic) bond motifs is 1. The number of nitrogens with one attached hydrogen (secondary N) is 2. The third-order valence-electron chi connectivity index (χ3n) is 5.90. The number of pyridine rings is 1. The van der Waals surface area contributed by atoms with Crippen LogP contribution in [0.15, 0.2) is 48.8 Å². The molecule has 1 aromatic carbocycles. The number of halogens is 1. The number of H-pyrrole nitrogens is 1. The van der Waals surface area contributed by atoms with Crippen LogP contribution in [0.25, 0.3) is 16.6 Å². The quantitative estimate of drug-likeness (QED) is 0.362. The van der Waals surface area contributed by atoms with Crippen LogP contribution in [0.4, 0.5) is 11.5 Å². The molecule has 0 aliphatic carbocycles. The monoisotopic (exact) mass is 510 g/mol. The predicted molar refractivity (Wildman–Crippen MR) is 133 cm³/mol. The summed E-state index contributed by atoms with van der Waals surface area (Å²) in [5.74, 6) is -0.553. The van der Waals surface area contributed by atoms with Gasteiger partial charge < -0.3 is 24.9 Å². The Hall–Kier alpha value is -3.93. The Balaban J connectivity index is 1.30. The summed E-state index contributed by atoms with van der Waals surface area (Å²) in [7, 11) is 1.52. The van der Waals surface area contributed by atoms with Crippen molar-refractivity contribution in [2.75, 3.05) is 30.5 Å². The van der Waals surface area contributed by atoms with E-state index in [4.69, 9.17) is 21.1 Å². The Morgan fingerprint density at radius 3 is 2.97 bits per heavy atom. The number of morpholine rings is 1. The first-order valence-corrected chi connectivity index (χ1v) is 11.5. The van der Waals surface area contributed by atoms with Gasteiger partial charge in [-0.2, -0.15) is 0 Å². The average molecular weight is 511 g/mol. The smallest absolute Gasteiger partial charge is 0.260 e. The lowest BCUT2D eigenvalue weighted by Crippen LogP contribution is -2.55. The topological polar surface area (TPSA) is 135 Å². The number of ether oxygens (including phenoxy) is 2. The number of aliphatic hydroxyl groups excluding tert-OH is 1. The molecule has 4 aromatic rings. The number of aryl methyl sites for hydroxylation is 1. The minimum atomic E-state index is -1.73. The molecule has 1 fully saturated rings. The van der Waals surface area contributed by atoms with Crippen molar-refractivity contribution in [2.24, 2.45) is 0 Å². The summed E-state index contributed by atoms with van der Waals surface area (Å²) < 4.78 is 12.2. The van der Waals surface area contributed by atoms with Crippen molar-refractivity contribution in [3.05, 3.63) is 59.5 Å². The van der Waals surface area contributed by atoms with E-state index in [0.717, 1.165) is 16.6 Å². The summed E-state index contributed by atoms with van der Waals surface area (Å²) >= 11 is 6.30. The highest BCUT2D eigenvalue weighted by Gasteiger charge is 2.40. The number of aromatic nitrogens is 4. The molecule has 12 heteroatoms. The minimum Gasteiger partial charge on any atom is -0.481 e. The van der Waals surface area contributed by atoms with Crippen molar-refractivity contribution >= 4 is 45.8 Å². The van der Waals surface area contributed by atoms with E-state index < -0.39 is 24.0 Å². The fourth-order valence-corrected chi connectivity index (χ4v) is 4.24. The van der Waals surface area contributed by atoms with Gasteiger partial charge in [-0.1, -0.05) is 11.6 Å². The number of carbonyl (C=O) groups is 2. The summed E-state index contributed by atoms with van der Waals surface area (Å²) in [6.45, 7) is 2.20. The van der Waals surface area contributed by atoms with Crippen LogP contribution in [0.1, 0.15) is 5.69 Å². The number of aliphatic hydroxyl groups is 1. The van der Waals surface area contributed by atoms with Crippen molar-refractivity contribution in [3.8, 4) is 11.6 Å². The van der Waals surface area contributed by atoms with Gasteiger partial charge in [0.05, 0.1) is 31.0 Å². The Bertz CT molecular complexity index is 1450. The molecule has 0 spiro atoms. The molecule has 11 nitrogen and oxygen atoms in total. The second-order valence-corrected chi connectivity index (χ2v) is 8.59. The second kappa shape index (κ2) is 9.61. The average Bonchev–Trinajstić information content (AvgIpc) is 3.49. The van der Waals surface area contributed by atoms with Crippen LogP contribution in [-0.4, -0.2) is 69.1 Å². The van der Waals surface area contributed by atoms with Gasteiger partial charge in [0.25, 0.3) is 11.8 Å². The molecule has 186 valence electrons. The van der Waals surface area contributed by atoms with E-state index in [1.54, 1.807) is 53.5 Å². The number of benzene rings is 1. The summed E-state index contributed by atoms with van der Waals surface area (Å²) in [4.78, 5) is 34.5. The number of nitrogens with zero attached hydrogens (tertiary/aromatic N) is 4. The molecule has 5 rings (SSSR count). The first-order valence-electron chi connectivity index (χ1n) is 11.1. The molecule has 0 radical (unpaired) electrons. The van der Waals surface area contributed by atoms with Gasteiger partial charge in [-0.25, -0.2) is 9.67 Å². The van der Waals surface area contributed by atoms with Gasteiger partial charge >= 0.3 is 0 Å². The van der Waals surface area contributed by atoms with Crippen molar-refractivity contribution in [3.63, 3.8) is 0 Å². The summed E-state index contributed by atoms with van der Waals surface area (Å²) in [5.41, 5.74) is 2.75. The number of amides is 2. The number of aromatic amines is 1. The Kier molecular flexibility index (Phi) is 6.35. The van der Waals surface area contributed by atoms with Gasteiger partial charge in [-0.15, -0.1) is 5.10 Å². The van der Waals surface area contributed by atoms with Crippen LogP contribution in [0, 0.1) is 6.92 Å². The Labute approximate surface area is 210 Å². The number of methoxy groups -OCH3 is 1. The molecule has 2 atom stereocenters. The fraction of sp³-hybridized carbons (Fsp3) is 0.250. The Morgan fingerprint density at radius 2 is 2.17 bits per heavy atom. The first-order chi connectivity index (χ1) is 17.4. The highest BCUT2D eigenvalue weighted by molar-refractivity contribution is 6.36. The van der Waals surface area contributed by atoms with E-state index in [0.29, 0.717) is 28.1 Å². The molecule has 36 heavy (non-hydrogen) atoms. The predicted octanol–water partition coefficient (Wildman–Crippen LogP) is 2.45. The zero-order valence-electron chi connectivity index (χ0n) is 19.4. The lowest BCUT2D eigenvalue weighted by Gasteiger charge is -2.32. The molecule has 0 bridgehead atoms. The van der Waals surface area contributed by atoms with Crippen molar-refractivity contribution in [2.45, 2.75) is 19.1 Å². The molecule has 1 aliphatic heterocycles. The van der Waals surface area contributed by atoms with E-state index >= 15 is 0 Å². The Morgan fingerprint density at radius 1 is 1.33 bits per heavy atom. The number of hydrogen-bond acceptors (Lipinski definition) is 7. The summed E-state index contributed by atoms with van der Waals surface area (Å²) in [5, 5.41) is 19.1. The lowest BCUT2D eigenvalue weighted by molar-refractivity contribution is -0.150. The lowest BCUT2D eigenvalue weighted by atomic mass is 10.1. The van der Waals surface area contributed by atoms with Crippen molar-refractivity contribution in [1.82, 2.24) is 19.7 Å². The normalized spacial score (nSPS) is 16.8. The van der Waals surface area contributed by atoms with E-state index in [2.05, 4.69) is 20.4 Å². The number of rotatable bonds is 6. The van der Waals surface area contributed by atoms with Crippen molar-refractivity contribution < 1.29 is 24.2 Å². The van der Waals surface area contributed by atoms with E-state index in [1.807, 2.05) is 6.92 Å². The molecule has 1 saturated heterocycles. The SMILES string of the molecule is COc1cc(-n2ccc(N3CCOC(C(O)C(=O)Nc4ccc5[nH]c(C)c(Cl)c5c4)C3=O)n2)ccn1. The van der Waals surface area contributed by atoms with Gasteiger partial charge in [-0.05, 0) is 31.2 Å².